The molecule has 1 saturated carbocycles. The van der Waals surface area contributed by atoms with Gasteiger partial charge in [0.05, 0.1) is 0 Å². The maximum atomic E-state index is 12.3. The molecule has 4 rings (SSSR count). The molecule has 0 spiro atoms. The molecule has 126 valence electrons. The minimum Gasteiger partial charge on any atom is -0.359 e. The van der Waals surface area contributed by atoms with E-state index >= 15 is 0 Å². The van der Waals surface area contributed by atoms with Crippen LogP contribution in [0.3, 0.4) is 0 Å². The first kappa shape index (κ1) is 15.0. The average Bonchev–Trinajstić information content (AvgIpc) is 3.23. The lowest BCUT2D eigenvalue weighted by Crippen LogP contribution is -2.40. The third-order valence-electron chi connectivity index (χ3n) is 4.57. The molecule has 0 unspecified atom stereocenters. The molecule has 1 aliphatic carbocycles. The predicted octanol–water partition coefficient (Wildman–Crippen LogP) is 2.66. The third-order valence-corrected chi connectivity index (χ3v) is 4.57. The number of pyridine rings is 1. The van der Waals surface area contributed by atoms with Gasteiger partial charge in [-0.05, 0) is 38.3 Å². The predicted molar refractivity (Wildman–Crippen MR) is 90.2 cm³/mol. The molecular formula is C17H21N5O2. The zero-order valence-corrected chi connectivity index (χ0v) is 13.7. The number of anilines is 2. The fourth-order valence-electron chi connectivity index (χ4n) is 3.13. The van der Waals surface area contributed by atoms with Crippen molar-refractivity contribution in [2.75, 3.05) is 23.3 Å². The van der Waals surface area contributed by atoms with E-state index in [4.69, 9.17) is 4.52 Å². The van der Waals surface area contributed by atoms with Crippen LogP contribution in [-0.4, -0.2) is 35.3 Å². The number of nitrogens with one attached hydrogen (secondary N) is 2. The highest BCUT2D eigenvalue weighted by Gasteiger charge is 2.32. The molecule has 3 heterocycles. The van der Waals surface area contributed by atoms with Gasteiger partial charge in [0.2, 0.25) is 0 Å². The van der Waals surface area contributed by atoms with Crippen LogP contribution in [0.15, 0.2) is 28.9 Å². The molecule has 0 radical (unpaired) electrons. The minimum absolute atomic E-state index is 0.108. The fraction of sp³-hybridized carbons (Fsp3) is 0.471. The van der Waals surface area contributed by atoms with Gasteiger partial charge in [0, 0.05) is 31.2 Å². The maximum absolute atomic E-state index is 12.3. The summed E-state index contributed by atoms with van der Waals surface area (Å²) in [5, 5.41) is 9.94. The van der Waals surface area contributed by atoms with Crippen molar-refractivity contribution in [1.82, 2.24) is 15.5 Å². The number of rotatable bonds is 4. The molecule has 0 bridgehead atoms. The van der Waals surface area contributed by atoms with Gasteiger partial charge in [-0.2, -0.15) is 0 Å². The Kier molecular flexibility index (Phi) is 3.84. The maximum Gasteiger partial charge on any atom is 0.319 e. The fourth-order valence-corrected chi connectivity index (χ4v) is 3.13. The van der Waals surface area contributed by atoms with Crippen LogP contribution < -0.4 is 15.5 Å². The van der Waals surface area contributed by atoms with E-state index in [9.17, 15) is 4.79 Å². The summed E-state index contributed by atoms with van der Waals surface area (Å²) in [6.45, 7) is 3.51. The first-order valence-corrected chi connectivity index (χ1v) is 8.40. The van der Waals surface area contributed by atoms with E-state index in [0.717, 1.165) is 55.3 Å². The largest absolute Gasteiger partial charge is 0.359 e. The van der Waals surface area contributed by atoms with E-state index < -0.39 is 0 Å². The Labute approximate surface area is 140 Å². The summed E-state index contributed by atoms with van der Waals surface area (Å²) in [6.07, 6.45) is 4.90. The lowest BCUT2D eigenvalue weighted by atomic mass is 10.2. The number of urea groups is 1. The first-order chi connectivity index (χ1) is 11.7. The van der Waals surface area contributed by atoms with Gasteiger partial charge >= 0.3 is 6.03 Å². The van der Waals surface area contributed by atoms with Crippen LogP contribution in [-0.2, 0) is 0 Å². The summed E-state index contributed by atoms with van der Waals surface area (Å²) >= 11 is 0. The van der Waals surface area contributed by atoms with E-state index in [1.54, 1.807) is 6.20 Å². The van der Waals surface area contributed by atoms with Crippen molar-refractivity contribution in [3.05, 3.63) is 35.9 Å². The quantitative estimate of drug-likeness (QED) is 0.902. The molecule has 1 saturated heterocycles. The number of amides is 2. The van der Waals surface area contributed by atoms with E-state index in [-0.39, 0.29) is 12.1 Å². The van der Waals surface area contributed by atoms with Crippen molar-refractivity contribution in [2.45, 2.75) is 38.1 Å². The van der Waals surface area contributed by atoms with Crippen LogP contribution in [0.1, 0.15) is 36.6 Å². The molecule has 2 amide bonds. The SMILES string of the molecule is Cc1noc(C2CC2)c1NC(=O)N[C@@H]1CCN(c2ccccn2)C1. The molecule has 2 aliphatic rings. The highest BCUT2D eigenvalue weighted by molar-refractivity contribution is 5.90. The number of carbonyl (C=O) groups is 1. The molecule has 2 aromatic rings. The molecule has 2 aromatic heterocycles. The second-order valence-corrected chi connectivity index (χ2v) is 6.50. The smallest absolute Gasteiger partial charge is 0.319 e. The molecule has 7 nitrogen and oxygen atoms in total. The topological polar surface area (TPSA) is 83.3 Å². The van der Waals surface area contributed by atoms with E-state index in [1.807, 2.05) is 25.1 Å². The van der Waals surface area contributed by atoms with Crippen LogP contribution in [0.5, 0.6) is 0 Å². The Morgan fingerprint density at radius 1 is 1.33 bits per heavy atom. The number of aromatic nitrogens is 2. The second-order valence-electron chi connectivity index (χ2n) is 6.50. The zero-order valence-electron chi connectivity index (χ0n) is 13.7. The van der Waals surface area contributed by atoms with Gasteiger partial charge < -0.3 is 20.1 Å². The Hall–Kier alpha value is -2.57. The highest BCUT2D eigenvalue weighted by atomic mass is 16.5. The van der Waals surface area contributed by atoms with Crippen LogP contribution in [0, 0.1) is 6.92 Å². The van der Waals surface area contributed by atoms with E-state index in [1.165, 1.54) is 0 Å². The zero-order chi connectivity index (χ0) is 16.5. The summed E-state index contributed by atoms with van der Waals surface area (Å²) in [6, 6.07) is 5.78. The standard InChI is InChI=1S/C17H21N5O2/c1-11-15(16(24-21-11)12-5-6-12)20-17(23)19-13-7-9-22(10-13)14-4-2-3-8-18-14/h2-4,8,12-13H,5-7,9-10H2,1H3,(H2,19,20,23)/t13-/m1/s1. The van der Waals surface area contributed by atoms with Crippen molar-refractivity contribution in [3.8, 4) is 0 Å². The Bertz CT molecular complexity index is 726. The van der Waals surface area contributed by atoms with Gasteiger partial charge in [-0.25, -0.2) is 9.78 Å². The van der Waals surface area contributed by atoms with E-state index in [2.05, 4.69) is 25.7 Å². The number of hydrogen-bond acceptors (Lipinski definition) is 5. The molecule has 0 aromatic carbocycles. The number of carbonyl (C=O) groups excluding carboxylic acids is 1. The number of aryl methyl sites for hydroxylation is 1. The number of nitrogens with zero attached hydrogens (tertiary/aromatic N) is 3. The second kappa shape index (κ2) is 6.14. The van der Waals surface area contributed by atoms with E-state index in [0.29, 0.717) is 5.92 Å². The van der Waals surface area contributed by atoms with Gasteiger partial charge in [0.15, 0.2) is 5.76 Å². The van der Waals surface area contributed by atoms with Crippen LogP contribution in [0.4, 0.5) is 16.3 Å². The van der Waals surface area contributed by atoms with Crippen molar-refractivity contribution < 1.29 is 9.32 Å². The summed E-state index contributed by atoms with van der Waals surface area (Å²) in [5.41, 5.74) is 1.46. The molecule has 2 fully saturated rings. The Morgan fingerprint density at radius 3 is 2.96 bits per heavy atom. The normalized spacial score (nSPS) is 20.2. The lowest BCUT2D eigenvalue weighted by molar-refractivity contribution is 0.249. The molecule has 24 heavy (non-hydrogen) atoms. The molecule has 2 N–H and O–H groups in total. The van der Waals surface area contributed by atoms with Crippen molar-refractivity contribution in [1.29, 1.82) is 0 Å². The van der Waals surface area contributed by atoms with Crippen LogP contribution >= 0.6 is 0 Å². The van der Waals surface area contributed by atoms with Gasteiger partial charge in [-0.15, -0.1) is 0 Å². The molecule has 7 heteroatoms. The minimum atomic E-state index is -0.198. The number of hydrogen-bond donors (Lipinski definition) is 2. The first-order valence-electron chi connectivity index (χ1n) is 8.40. The van der Waals surface area contributed by atoms with Crippen molar-refractivity contribution in [3.63, 3.8) is 0 Å². The summed E-state index contributed by atoms with van der Waals surface area (Å²) in [4.78, 5) is 18.9. The lowest BCUT2D eigenvalue weighted by Gasteiger charge is -2.18. The molecular weight excluding hydrogens is 306 g/mol. The summed E-state index contributed by atoms with van der Waals surface area (Å²) in [5.74, 6) is 2.17. The highest BCUT2D eigenvalue weighted by Crippen LogP contribution is 2.44. The van der Waals surface area contributed by atoms with Crippen molar-refractivity contribution >= 4 is 17.5 Å². The Balaban J connectivity index is 1.35. The van der Waals surface area contributed by atoms with Crippen molar-refractivity contribution in [2.24, 2.45) is 0 Å². The van der Waals surface area contributed by atoms with Crippen LogP contribution in [0.2, 0.25) is 0 Å². The van der Waals surface area contributed by atoms with Gasteiger partial charge in [-0.1, -0.05) is 11.2 Å². The van der Waals surface area contributed by atoms with Gasteiger partial charge in [0.25, 0.3) is 0 Å². The van der Waals surface area contributed by atoms with Gasteiger partial charge in [-0.3, -0.25) is 0 Å². The molecule has 1 aliphatic heterocycles. The van der Waals surface area contributed by atoms with Crippen LogP contribution in [0.25, 0.3) is 0 Å². The molecule has 1 atom stereocenters. The summed E-state index contributed by atoms with van der Waals surface area (Å²) < 4.78 is 5.36. The monoisotopic (exact) mass is 327 g/mol. The Morgan fingerprint density at radius 2 is 2.21 bits per heavy atom. The third kappa shape index (κ3) is 3.06. The van der Waals surface area contributed by atoms with Gasteiger partial charge in [0.1, 0.15) is 17.2 Å². The average molecular weight is 327 g/mol. The summed E-state index contributed by atoms with van der Waals surface area (Å²) in [7, 11) is 0.